The van der Waals surface area contributed by atoms with Crippen molar-refractivity contribution in [2.45, 2.75) is 37.8 Å². The van der Waals surface area contributed by atoms with Gasteiger partial charge in [-0.05, 0) is 37.8 Å². The number of imidazole rings is 1. The summed E-state index contributed by atoms with van der Waals surface area (Å²) >= 11 is 1.47. The van der Waals surface area contributed by atoms with Crippen LogP contribution in [0.25, 0.3) is 4.96 Å². The Morgan fingerprint density at radius 3 is 2.63 bits per heavy atom. The molecule has 3 aromatic rings. The van der Waals surface area contributed by atoms with E-state index in [4.69, 9.17) is 0 Å². The first kappa shape index (κ1) is 17.7. The SMILES string of the molecule is O=C(NC1CCCC(NC(=O)c2ccccc2F)C1)c1cn2ccsc2n1. The highest BCUT2D eigenvalue weighted by molar-refractivity contribution is 7.15. The highest BCUT2D eigenvalue weighted by atomic mass is 32.1. The zero-order valence-corrected chi connectivity index (χ0v) is 15.3. The monoisotopic (exact) mass is 386 g/mol. The molecule has 2 aromatic heterocycles. The summed E-state index contributed by atoms with van der Waals surface area (Å²) in [6.45, 7) is 0. The number of fused-ring (bicyclic) bond motifs is 1. The van der Waals surface area contributed by atoms with Crippen LogP contribution in [0.3, 0.4) is 0 Å². The smallest absolute Gasteiger partial charge is 0.271 e. The number of nitrogens with one attached hydrogen (secondary N) is 2. The number of rotatable bonds is 4. The lowest BCUT2D eigenvalue weighted by Gasteiger charge is -2.30. The molecule has 2 amide bonds. The van der Waals surface area contributed by atoms with E-state index in [1.54, 1.807) is 18.3 Å². The Labute approximate surface area is 159 Å². The normalized spacial score (nSPS) is 19.7. The molecule has 0 saturated heterocycles. The average Bonchev–Trinajstić information content (AvgIpc) is 3.24. The summed E-state index contributed by atoms with van der Waals surface area (Å²) in [5.41, 5.74) is 0.432. The van der Waals surface area contributed by atoms with E-state index in [-0.39, 0.29) is 23.6 Å². The first-order valence-electron chi connectivity index (χ1n) is 8.88. The lowest BCUT2D eigenvalue weighted by Crippen LogP contribution is -2.46. The van der Waals surface area contributed by atoms with Crippen LogP contribution in [-0.4, -0.2) is 33.3 Å². The van der Waals surface area contributed by atoms with Crippen molar-refractivity contribution in [3.63, 3.8) is 0 Å². The quantitative estimate of drug-likeness (QED) is 0.724. The molecule has 2 unspecified atom stereocenters. The van der Waals surface area contributed by atoms with Crippen LogP contribution in [-0.2, 0) is 0 Å². The minimum atomic E-state index is -0.532. The second-order valence-electron chi connectivity index (χ2n) is 6.71. The largest absolute Gasteiger partial charge is 0.349 e. The molecular weight excluding hydrogens is 367 g/mol. The Morgan fingerprint density at radius 2 is 1.89 bits per heavy atom. The van der Waals surface area contributed by atoms with Gasteiger partial charge in [-0.2, -0.15) is 0 Å². The Hall–Kier alpha value is -2.74. The van der Waals surface area contributed by atoms with Gasteiger partial charge in [-0.3, -0.25) is 14.0 Å². The van der Waals surface area contributed by atoms with Crippen LogP contribution in [0.5, 0.6) is 0 Å². The van der Waals surface area contributed by atoms with E-state index in [0.29, 0.717) is 12.1 Å². The summed E-state index contributed by atoms with van der Waals surface area (Å²) in [6.07, 6.45) is 6.73. The molecule has 0 aliphatic heterocycles. The molecule has 0 bridgehead atoms. The van der Waals surface area contributed by atoms with Crippen molar-refractivity contribution in [2.75, 3.05) is 0 Å². The average molecular weight is 386 g/mol. The molecule has 1 fully saturated rings. The van der Waals surface area contributed by atoms with E-state index in [9.17, 15) is 14.0 Å². The number of thiazole rings is 1. The van der Waals surface area contributed by atoms with E-state index in [2.05, 4.69) is 15.6 Å². The van der Waals surface area contributed by atoms with Gasteiger partial charge in [0.25, 0.3) is 11.8 Å². The van der Waals surface area contributed by atoms with E-state index < -0.39 is 11.7 Å². The third-order valence-electron chi connectivity index (χ3n) is 4.79. The molecule has 4 rings (SSSR count). The van der Waals surface area contributed by atoms with Crippen LogP contribution >= 0.6 is 11.3 Å². The van der Waals surface area contributed by atoms with Crippen LogP contribution in [0, 0.1) is 5.82 Å². The van der Waals surface area contributed by atoms with Gasteiger partial charge in [0.2, 0.25) is 0 Å². The predicted octanol–water partition coefficient (Wildman–Crippen LogP) is 3.01. The van der Waals surface area contributed by atoms with Gasteiger partial charge in [0, 0.05) is 29.9 Å². The minimum Gasteiger partial charge on any atom is -0.349 e. The Kier molecular flexibility index (Phi) is 4.89. The molecule has 2 N–H and O–H groups in total. The summed E-state index contributed by atoms with van der Waals surface area (Å²) in [7, 11) is 0. The maximum absolute atomic E-state index is 13.8. The number of halogens is 1. The van der Waals surface area contributed by atoms with Gasteiger partial charge >= 0.3 is 0 Å². The molecule has 0 radical (unpaired) electrons. The van der Waals surface area contributed by atoms with Crippen LogP contribution in [0.4, 0.5) is 4.39 Å². The van der Waals surface area contributed by atoms with Gasteiger partial charge in [-0.25, -0.2) is 9.37 Å². The number of hydrogen-bond acceptors (Lipinski definition) is 4. The Morgan fingerprint density at radius 1 is 1.15 bits per heavy atom. The molecule has 140 valence electrons. The first-order chi connectivity index (χ1) is 13.1. The lowest BCUT2D eigenvalue weighted by molar-refractivity contribution is 0.0898. The number of hydrogen-bond donors (Lipinski definition) is 2. The van der Waals surface area contributed by atoms with Crippen LogP contribution in [0.2, 0.25) is 0 Å². The summed E-state index contributed by atoms with van der Waals surface area (Å²) in [5, 5.41) is 7.80. The standard InChI is InChI=1S/C19H19FN4O2S/c20-15-7-2-1-6-14(15)17(25)21-12-4-3-5-13(10-12)22-18(26)16-11-24-8-9-27-19(24)23-16/h1-2,6-9,11-13H,3-5,10H2,(H,21,25)(H,22,26). The number of amides is 2. The maximum atomic E-state index is 13.8. The van der Waals surface area contributed by atoms with Gasteiger partial charge in [-0.1, -0.05) is 12.1 Å². The molecule has 2 atom stereocenters. The molecule has 2 heterocycles. The Balaban J connectivity index is 1.36. The van der Waals surface area contributed by atoms with Crippen molar-refractivity contribution in [3.8, 4) is 0 Å². The topological polar surface area (TPSA) is 75.5 Å². The van der Waals surface area contributed by atoms with Crippen molar-refractivity contribution < 1.29 is 14.0 Å². The van der Waals surface area contributed by atoms with Gasteiger partial charge in [0.05, 0.1) is 5.56 Å². The van der Waals surface area contributed by atoms with Crippen molar-refractivity contribution in [3.05, 3.63) is 59.1 Å². The predicted molar refractivity (Wildman–Crippen MR) is 100 cm³/mol. The van der Waals surface area contributed by atoms with Crippen molar-refractivity contribution in [1.29, 1.82) is 0 Å². The van der Waals surface area contributed by atoms with Crippen molar-refractivity contribution >= 4 is 28.1 Å². The van der Waals surface area contributed by atoms with E-state index >= 15 is 0 Å². The zero-order chi connectivity index (χ0) is 18.8. The molecule has 1 saturated carbocycles. The summed E-state index contributed by atoms with van der Waals surface area (Å²) in [6, 6.07) is 5.79. The first-order valence-corrected chi connectivity index (χ1v) is 9.76. The van der Waals surface area contributed by atoms with E-state index in [1.807, 2.05) is 16.0 Å². The fraction of sp³-hybridized carbons (Fsp3) is 0.316. The molecule has 1 aromatic carbocycles. The van der Waals surface area contributed by atoms with E-state index in [0.717, 1.165) is 24.2 Å². The second kappa shape index (κ2) is 7.48. The fourth-order valence-corrected chi connectivity index (χ4v) is 4.16. The van der Waals surface area contributed by atoms with Gasteiger partial charge in [-0.15, -0.1) is 11.3 Å². The van der Waals surface area contributed by atoms with Crippen LogP contribution in [0.15, 0.2) is 42.0 Å². The van der Waals surface area contributed by atoms with Crippen LogP contribution in [0.1, 0.15) is 46.5 Å². The number of nitrogens with zero attached hydrogens (tertiary/aromatic N) is 2. The highest BCUT2D eigenvalue weighted by Gasteiger charge is 2.26. The van der Waals surface area contributed by atoms with Crippen molar-refractivity contribution in [1.82, 2.24) is 20.0 Å². The summed E-state index contributed by atoms with van der Waals surface area (Å²) in [5.74, 6) is -1.16. The van der Waals surface area contributed by atoms with Crippen LogP contribution < -0.4 is 10.6 Å². The molecule has 1 aliphatic rings. The van der Waals surface area contributed by atoms with E-state index in [1.165, 1.54) is 23.5 Å². The third-order valence-corrected chi connectivity index (χ3v) is 5.56. The number of carbonyl (C=O) groups is 2. The Bertz CT molecular complexity index is 954. The highest BCUT2D eigenvalue weighted by Crippen LogP contribution is 2.20. The van der Waals surface area contributed by atoms with Gasteiger partial charge < -0.3 is 10.6 Å². The van der Waals surface area contributed by atoms with Gasteiger partial charge in [0.1, 0.15) is 11.5 Å². The fourth-order valence-electron chi connectivity index (χ4n) is 3.46. The molecule has 0 spiro atoms. The number of benzene rings is 1. The van der Waals surface area contributed by atoms with Gasteiger partial charge in [0.15, 0.2) is 4.96 Å². The zero-order valence-electron chi connectivity index (χ0n) is 14.5. The molecule has 27 heavy (non-hydrogen) atoms. The number of carbonyl (C=O) groups excluding carboxylic acids is 2. The molecule has 8 heteroatoms. The molecule has 1 aliphatic carbocycles. The summed E-state index contributed by atoms with van der Waals surface area (Å²) < 4.78 is 15.6. The third kappa shape index (κ3) is 3.85. The number of aromatic nitrogens is 2. The molecular formula is C19H19FN4O2S. The molecule has 6 nitrogen and oxygen atoms in total. The maximum Gasteiger partial charge on any atom is 0.271 e. The van der Waals surface area contributed by atoms with Crippen molar-refractivity contribution in [2.24, 2.45) is 0 Å². The summed E-state index contributed by atoms with van der Waals surface area (Å²) in [4.78, 5) is 29.8. The second-order valence-corrected chi connectivity index (χ2v) is 7.58. The lowest BCUT2D eigenvalue weighted by atomic mass is 9.90. The minimum absolute atomic E-state index is 0.0433.